The summed E-state index contributed by atoms with van der Waals surface area (Å²) in [5.74, 6) is -1.50. The van der Waals surface area contributed by atoms with E-state index in [9.17, 15) is 13.9 Å². The molecule has 1 fully saturated rings. The lowest BCUT2D eigenvalue weighted by atomic mass is 9.95. The molecular weight excluding hydrogens is 523 g/mol. The Kier molecular flexibility index (Phi) is 7.94. The van der Waals surface area contributed by atoms with Crippen LogP contribution in [0.3, 0.4) is 0 Å². The van der Waals surface area contributed by atoms with Gasteiger partial charge in [-0.05, 0) is 18.2 Å². The second kappa shape index (κ2) is 10.7. The van der Waals surface area contributed by atoms with E-state index in [0.717, 1.165) is 17.8 Å². The van der Waals surface area contributed by atoms with Crippen LogP contribution >= 0.6 is 47.2 Å². The van der Waals surface area contributed by atoms with E-state index in [1.54, 1.807) is 6.07 Å². The van der Waals surface area contributed by atoms with Crippen LogP contribution in [0.2, 0.25) is 10.0 Å². The second-order valence-corrected chi connectivity index (χ2v) is 10.2. The van der Waals surface area contributed by atoms with Crippen LogP contribution in [0, 0.1) is 11.6 Å². The van der Waals surface area contributed by atoms with Gasteiger partial charge in [0.05, 0.1) is 22.3 Å². The number of piperazine rings is 1. The Balaban J connectivity index is 1.42. The summed E-state index contributed by atoms with van der Waals surface area (Å²) in [4.78, 5) is 8.05. The lowest BCUT2D eigenvalue weighted by molar-refractivity contribution is 0.0362. The summed E-state index contributed by atoms with van der Waals surface area (Å²) in [6.07, 6.45) is 2.75. The van der Waals surface area contributed by atoms with E-state index in [1.165, 1.54) is 35.2 Å². The average Bonchev–Trinajstić information content (AvgIpc) is 3.32. The van der Waals surface area contributed by atoms with Crippen LogP contribution in [0.15, 0.2) is 49.1 Å². The standard InChI is InChI=1S/C22H21Cl2F2N5OS2/c23-17-2-1-3-19(20(17)24)29-6-8-30(9-7-29)21(33)34-12-22(32,11-31-14-27-13-28-31)16-5-4-15(25)10-18(16)26/h1-5,10,13-14,32H,6-9,11-12H2. The molecule has 2 heterocycles. The van der Waals surface area contributed by atoms with Crippen molar-refractivity contribution in [3.8, 4) is 0 Å². The fourth-order valence-electron chi connectivity index (χ4n) is 3.80. The number of aromatic nitrogens is 3. The molecule has 3 aromatic rings. The number of thioether (sulfide) groups is 1. The van der Waals surface area contributed by atoms with E-state index in [0.29, 0.717) is 40.5 Å². The van der Waals surface area contributed by atoms with Gasteiger partial charge in [-0.3, -0.25) is 0 Å². The van der Waals surface area contributed by atoms with Gasteiger partial charge in [-0.15, -0.1) is 0 Å². The topological polar surface area (TPSA) is 57.4 Å². The minimum atomic E-state index is -1.68. The van der Waals surface area contributed by atoms with Gasteiger partial charge in [-0.1, -0.05) is 59.3 Å². The largest absolute Gasteiger partial charge is 0.382 e. The summed E-state index contributed by atoms with van der Waals surface area (Å²) in [5, 5.41) is 16.5. The summed E-state index contributed by atoms with van der Waals surface area (Å²) >= 11 is 19.4. The van der Waals surface area contributed by atoms with Gasteiger partial charge in [0.25, 0.3) is 0 Å². The zero-order chi connectivity index (χ0) is 24.3. The molecule has 2 aromatic carbocycles. The minimum Gasteiger partial charge on any atom is -0.382 e. The fraction of sp³-hybridized carbons (Fsp3) is 0.318. The quantitative estimate of drug-likeness (QED) is 0.456. The maximum Gasteiger partial charge on any atom is 0.137 e. The first-order valence-corrected chi connectivity index (χ1v) is 12.5. The van der Waals surface area contributed by atoms with Crippen LogP contribution in [0.25, 0.3) is 0 Å². The van der Waals surface area contributed by atoms with E-state index >= 15 is 0 Å². The van der Waals surface area contributed by atoms with Gasteiger partial charge >= 0.3 is 0 Å². The lowest BCUT2D eigenvalue weighted by Gasteiger charge is -2.38. The number of benzene rings is 2. The molecule has 0 bridgehead atoms. The molecule has 1 N–H and O–H groups in total. The zero-order valence-electron chi connectivity index (χ0n) is 17.9. The van der Waals surface area contributed by atoms with Crippen molar-refractivity contribution in [2.75, 3.05) is 36.8 Å². The van der Waals surface area contributed by atoms with E-state index in [1.807, 2.05) is 17.0 Å². The highest BCUT2D eigenvalue weighted by Crippen LogP contribution is 2.34. The lowest BCUT2D eigenvalue weighted by Crippen LogP contribution is -2.48. The Morgan fingerprint density at radius 2 is 1.91 bits per heavy atom. The molecule has 0 amide bonds. The molecule has 34 heavy (non-hydrogen) atoms. The Morgan fingerprint density at radius 3 is 2.59 bits per heavy atom. The van der Waals surface area contributed by atoms with Crippen LogP contribution in [0.1, 0.15) is 5.56 Å². The number of halogens is 4. The zero-order valence-corrected chi connectivity index (χ0v) is 21.0. The van der Waals surface area contributed by atoms with Gasteiger partial charge < -0.3 is 14.9 Å². The van der Waals surface area contributed by atoms with Crippen LogP contribution in [-0.4, -0.2) is 61.0 Å². The van der Waals surface area contributed by atoms with Gasteiger partial charge in [0.1, 0.15) is 34.2 Å². The molecule has 1 aliphatic rings. The van der Waals surface area contributed by atoms with E-state index < -0.39 is 17.2 Å². The number of hydrogen-bond acceptors (Lipinski definition) is 6. The number of thiocarbonyl (C=S) groups is 1. The number of nitrogens with zero attached hydrogens (tertiary/aromatic N) is 5. The van der Waals surface area contributed by atoms with Crippen LogP contribution in [0.4, 0.5) is 14.5 Å². The van der Waals surface area contributed by atoms with Crippen molar-refractivity contribution in [2.45, 2.75) is 12.1 Å². The highest BCUT2D eigenvalue weighted by molar-refractivity contribution is 8.22. The maximum atomic E-state index is 14.6. The van der Waals surface area contributed by atoms with E-state index in [-0.39, 0.29) is 17.9 Å². The third-order valence-electron chi connectivity index (χ3n) is 5.57. The van der Waals surface area contributed by atoms with Gasteiger partial charge in [0, 0.05) is 43.6 Å². The Hall–Kier alpha value is -1.98. The van der Waals surface area contributed by atoms with Gasteiger partial charge in [-0.2, -0.15) is 5.10 Å². The van der Waals surface area contributed by atoms with Crippen molar-refractivity contribution in [2.24, 2.45) is 0 Å². The maximum absolute atomic E-state index is 14.6. The first-order chi connectivity index (χ1) is 16.3. The molecule has 1 atom stereocenters. The van der Waals surface area contributed by atoms with Gasteiger partial charge in [0.2, 0.25) is 0 Å². The van der Waals surface area contributed by atoms with Crippen molar-refractivity contribution in [1.82, 2.24) is 19.7 Å². The van der Waals surface area contributed by atoms with Crippen molar-refractivity contribution >= 4 is 57.2 Å². The molecule has 0 aliphatic carbocycles. The Bertz CT molecular complexity index is 1160. The predicted molar refractivity (Wildman–Crippen MR) is 136 cm³/mol. The van der Waals surface area contributed by atoms with Crippen LogP contribution in [0.5, 0.6) is 0 Å². The molecule has 1 saturated heterocycles. The molecule has 12 heteroatoms. The summed E-state index contributed by atoms with van der Waals surface area (Å²) in [6, 6.07) is 8.66. The molecule has 0 saturated carbocycles. The molecule has 1 aromatic heterocycles. The van der Waals surface area contributed by atoms with E-state index in [2.05, 4.69) is 15.0 Å². The van der Waals surface area contributed by atoms with Crippen molar-refractivity contribution in [3.05, 3.63) is 76.3 Å². The third kappa shape index (κ3) is 5.63. The highest BCUT2D eigenvalue weighted by Gasteiger charge is 2.35. The predicted octanol–water partition coefficient (Wildman–Crippen LogP) is 4.59. The van der Waals surface area contributed by atoms with Gasteiger partial charge in [0.15, 0.2) is 0 Å². The molecule has 1 aliphatic heterocycles. The summed E-state index contributed by atoms with van der Waals surface area (Å²) in [5.41, 5.74) is -0.836. The van der Waals surface area contributed by atoms with Crippen molar-refractivity contribution in [1.29, 1.82) is 0 Å². The first kappa shape index (κ1) is 25.1. The second-order valence-electron chi connectivity index (χ2n) is 7.85. The van der Waals surface area contributed by atoms with Crippen LogP contribution in [-0.2, 0) is 12.1 Å². The highest BCUT2D eigenvalue weighted by atomic mass is 35.5. The molecule has 1 unspecified atom stereocenters. The number of rotatable bonds is 6. The van der Waals surface area contributed by atoms with Crippen LogP contribution < -0.4 is 4.90 Å². The molecule has 4 rings (SSSR count). The fourth-order valence-corrected chi connectivity index (χ4v) is 5.55. The third-order valence-corrected chi connectivity index (χ3v) is 8.11. The molecule has 180 valence electrons. The molecular formula is C22H21Cl2F2N5OS2. The Morgan fingerprint density at radius 1 is 1.15 bits per heavy atom. The molecule has 0 radical (unpaired) electrons. The van der Waals surface area contributed by atoms with Crippen molar-refractivity contribution in [3.63, 3.8) is 0 Å². The first-order valence-electron chi connectivity index (χ1n) is 10.4. The molecule has 0 spiro atoms. The Labute approximate surface area is 215 Å². The molecule has 6 nitrogen and oxygen atoms in total. The minimum absolute atomic E-state index is 0.0277. The smallest absolute Gasteiger partial charge is 0.137 e. The number of aliphatic hydroxyl groups is 1. The number of hydrogen-bond donors (Lipinski definition) is 1. The van der Waals surface area contributed by atoms with Crippen molar-refractivity contribution < 1.29 is 13.9 Å². The number of anilines is 1. The summed E-state index contributed by atoms with van der Waals surface area (Å²) in [6.45, 7) is 2.63. The summed E-state index contributed by atoms with van der Waals surface area (Å²) < 4.78 is 30.0. The average molecular weight is 544 g/mol. The normalized spacial score (nSPS) is 15.9. The SMILES string of the molecule is OC(CSC(=S)N1CCN(c2cccc(Cl)c2Cl)CC1)(Cn1cncn1)c1ccc(F)cc1F. The summed E-state index contributed by atoms with van der Waals surface area (Å²) in [7, 11) is 0. The van der Waals surface area contributed by atoms with E-state index in [4.69, 9.17) is 35.4 Å². The monoisotopic (exact) mass is 543 g/mol. The van der Waals surface area contributed by atoms with Gasteiger partial charge in [-0.25, -0.2) is 18.4 Å².